The van der Waals surface area contributed by atoms with Gasteiger partial charge in [0.05, 0.1) is 18.6 Å². The van der Waals surface area contributed by atoms with Gasteiger partial charge in [0.25, 0.3) is 0 Å². The van der Waals surface area contributed by atoms with Crippen LogP contribution in [0.3, 0.4) is 0 Å². The van der Waals surface area contributed by atoms with E-state index in [0.717, 1.165) is 18.2 Å². The molecular weight excluding hydrogens is 340 g/mol. The average Bonchev–Trinajstić information content (AvgIpc) is 2.96. The van der Waals surface area contributed by atoms with E-state index in [1.807, 2.05) is 0 Å². The van der Waals surface area contributed by atoms with Gasteiger partial charge in [-0.25, -0.2) is 9.78 Å². The van der Waals surface area contributed by atoms with Gasteiger partial charge in [0.1, 0.15) is 6.04 Å². The summed E-state index contributed by atoms with van der Waals surface area (Å²) in [5, 5.41) is 3.51. The molecule has 4 N–H and O–H groups in total. The van der Waals surface area contributed by atoms with Gasteiger partial charge in [-0.1, -0.05) is 15.9 Å². The predicted molar refractivity (Wildman–Crippen MR) is 81.9 cm³/mol. The molecule has 8 heteroatoms. The summed E-state index contributed by atoms with van der Waals surface area (Å²) in [5.74, 6) is -0.714. The van der Waals surface area contributed by atoms with Gasteiger partial charge in [0, 0.05) is 30.9 Å². The molecule has 0 aliphatic rings. The number of rotatable bonds is 10. The van der Waals surface area contributed by atoms with Gasteiger partial charge >= 0.3 is 5.97 Å². The monoisotopic (exact) mass is 360 g/mol. The molecule has 7 nitrogen and oxygen atoms in total. The second-order valence-electron chi connectivity index (χ2n) is 4.49. The second kappa shape index (κ2) is 10.3. The zero-order valence-electron chi connectivity index (χ0n) is 11.8. The lowest BCUT2D eigenvalue weighted by Crippen LogP contribution is -2.44. The van der Waals surface area contributed by atoms with E-state index >= 15 is 0 Å². The van der Waals surface area contributed by atoms with Crippen LogP contribution in [0.15, 0.2) is 12.5 Å². The van der Waals surface area contributed by atoms with Crippen LogP contribution in [-0.2, 0) is 20.7 Å². The van der Waals surface area contributed by atoms with Crippen molar-refractivity contribution in [2.24, 2.45) is 5.73 Å². The minimum atomic E-state index is -0.740. The van der Waals surface area contributed by atoms with E-state index in [1.54, 1.807) is 6.20 Å². The fraction of sp³-hybridized carbons (Fsp3) is 0.615. The number of halogens is 1. The smallest absolute Gasteiger partial charge is 0.329 e. The van der Waals surface area contributed by atoms with Crippen LogP contribution in [-0.4, -0.2) is 46.4 Å². The molecule has 118 valence electrons. The number of H-pyrrole nitrogens is 1. The maximum atomic E-state index is 12.1. The zero-order valence-corrected chi connectivity index (χ0v) is 13.4. The van der Waals surface area contributed by atoms with E-state index < -0.39 is 12.0 Å². The Morgan fingerprint density at radius 3 is 2.90 bits per heavy atom. The standard InChI is InChI=1S/C13H21BrN4O3/c14-4-1-2-6-21-13(20)11(18-12(19)3-5-15)7-10-8-16-9-17-10/h8-9,11H,1-7,15H2,(H,16,17)(H,18,19). The van der Waals surface area contributed by atoms with Crippen LogP contribution in [0.4, 0.5) is 0 Å². The molecule has 1 unspecified atom stereocenters. The Morgan fingerprint density at radius 2 is 2.29 bits per heavy atom. The fourth-order valence-electron chi connectivity index (χ4n) is 1.67. The predicted octanol–water partition coefficient (Wildman–Crippen LogP) is 0.504. The molecule has 21 heavy (non-hydrogen) atoms. The number of esters is 1. The number of hydrogen-bond donors (Lipinski definition) is 3. The summed E-state index contributed by atoms with van der Waals surface area (Å²) < 4.78 is 5.19. The Balaban J connectivity index is 2.53. The van der Waals surface area contributed by atoms with Gasteiger partial charge in [-0.2, -0.15) is 0 Å². The Morgan fingerprint density at radius 1 is 1.48 bits per heavy atom. The van der Waals surface area contributed by atoms with Gasteiger partial charge < -0.3 is 20.8 Å². The van der Waals surface area contributed by atoms with Gasteiger partial charge in [0.15, 0.2) is 0 Å². The minimum Gasteiger partial charge on any atom is -0.464 e. The summed E-state index contributed by atoms with van der Waals surface area (Å²) in [6.45, 7) is 0.579. The van der Waals surface area contributed by atoms with Crippen molar-refractivity contribution in [3.05, 3.63) is 18.2 Å². The van der Waals surface area contributed by atoms with E-state index in [9.17, 15) is 9.59 Å². The highest BCUT2D eigenvalue weighted by Crippen LogP contribution is 2.03. The molecule has 1 aromatic heterocycles. The van der Waals surface area contributed by atoms with Gasteiger partial charge in [-0.3, -0.25) is 4.79 Å². The molecule has 0 aliphatic carbocycles. The number of ether oxygens (including phenoxy) is 1. The molecule has 0 fully saturated rings. The van der Waals surface area contributed by atoms with Crippen molar-refractivity contribution >= 4 is 27.8 Å². The number of aromatic amines is 1. The number of aromatic nitrogens is 2. The third-order valence-electron chi connectivity index (χ3n) is 2.73. The Kier molecular flexibility index (Phi) is 8.68. The highest BCUT2D eigenvalue weighted by Gasteiger charge is 2.23. The number of nitrogens with two attached hydrogens (primary N) is 1. The highest BCUT2D eigenvalue weighted by atomic mass is 79.9. The molecule has 1 amide bonds. The molecule has 1 heterocycles. The molecule has 0 spiro atoms. The Hall–Kier alpha value is -1.41. The lowest BCUT2D eigenvalue weighted by molar-refractivity contribution is -0.148. The maximum absolute atomic E-state index is 12.1. The molecule has 1 atom stereocenters. The molecule has 0 aliphatic heterocycles. The average molecular weight is 361 g/mol. The zero-order chi connectivity index (χ0) is 15.5. The van der Waals surface area contributed by atoms with Crippen molar-refractivity contribution in [3.8, 4) is 0 Å². The van der Waals surface area contributed by atoms with Gasteiger partial charge in [0.2, 0.25) is 5.91 Å². The number of nitrogens with one attached hydrogen (secondary N) is 2. The van der Waals surface area contributed by atoms with Crippen LogP contribution in [0.2, 0.25) is 0 Å². The van der Waals surface area contributed by atoms with Crippen molar-refractivity contribution in [2.45, 2.75) is 31.7 Å². The van der Waals surface area contributed by atoms with Crippen molar-refractivity contribution in [1.82, 2.24) is 15.3 Å². The molecular formula is C13H21BrN4O3. The first-order chi connectivity index (χ1) is 10.2. The number of hydrogen-bond acceptors (Lipinski definition) is 5. The van der Waals surface area contributed by atoms with Crippen molar-refractivity contribution in [1.29, 1.82) is 0 Å². The molecule has 0 bridgehead atoms. The third kappa shape index (κ3) is 7.24. The number of nitrogens with zero attached hydrogens (tertiary/aromatic N) is 1. The molecule has 1 rings (SSSR count). The SMILES string of the molecule is NCCC(=O)NC(Cc1c[nH]cn1)C(=O)OCCCCBr. The first-order valence-corrected chi connectivity index (χ1v) is 7.99. The summed E-state index contributed by atoms with van der Waals surface area (Å²) in [5.41, 5.74) is 6.02. The molecule has 0 saturated heterocycles. The van der Waals surface area contributed by atoms with Crippen molar-refractivity contribution < 1.29 is 14.3 Å². The third-order valence-corrected chi connectivity index (χ3v) is 3.29. The summed E-state index contributed by atoms with van der Waals surface area (Å²) in [7, 11) is 0. The quantitative estimate of drug-likeness (QED) is 0.319. The van der Waals surface area contributed by atoms with Gasteiger partial charge in [-0.15, -0.1) is 0 Å². The first kappa shape index (κ1) is 17.6. The van der Waals surface area contributed by atoms with Crippen LogP contribution >= 0.6 is 15.9 Å². The molecule has 1 aromatic rings. The maximum Gasteiger partial charge on any atom is 0.329 e. The minimum absolute atomic E-state index is 0.175. The highest BCUT2D eigenvalue weighted by molar-refractivity contribution is 9.09. The number of imidazole rings is 1. The first-order valence-electron chi connectivity index (χ1n) is 6.87. The lowest BCUT2D eigenvalue weighted by atomic mass is 10.1. The summed E-state index contributed by atoms with van der Waals surface area (Å²) >= 11 is 3.31. The number of carbonyl (C=O) groups is 2. The van der Waals surface area contributed by atoms with E-state index in [1.165, 1.54) is 6.33 Å². The van der Waals surface area contributed by atoms with E-state index in [0.29, 0.717) is 12.3 Å². The van der Waals surface area contributed by atoms with Crippen molar-refractivity contribution in [2.75, 3.05) is 18.5 Å². The number of carbonyl (C=O) groups excluding carboxylic acids is 2. The van der Waals surface area contributed by atoms with Crippen LogP contribution in [0.5, 0.6) is 0 Å². The van der Waals surface area contributed by atoms with E-state index in [4.69, 9.17) is 10.5 Å². The topological polar surface area (TPSA) is 110 Å². The molecule has 0 saturated carbocycles. The number of alkyl halides is 1. The number of unbranched alkanes of at least 4 members (excludes halogenated alkanes) is 1. The van der Waals surface area contributed by atoms with E-state index in [-0.39, 0.29) is 25.3 Å². The van der Waals surface area contributed by atoms with Crippen LogP contribution in [0.25, 0.3) is 0 Å². The Bertz CT molecular complexity index is 425. The molecule has 0 aromatic carbocycles. The summed E-state index contributed by atoms with van der Waals surface area (Å²) in [4.78, 5) is 30.6. The van der Waals surface area contributed by atoms with Crippen molar-refractivity contribution in [3.63, 3.8) is 0 Å². The normalized spacial score (nSPS) is 11.9. The van der Waals surface area contributed by atoms with E-state index in [2.05, 4.69) is 31.2 Å². The summed E-state index contributed by atoms with van der Waals surface area (Å²) in [6.07, 6.45) is 5.38. The number of amides is 1. The second-order valence-corrected chi connectivity index (χ2v) is 5.28. The van der Waals surface area contributed by atoms with Gasteiger partial charge in [-0.05, 0) is 12.8 Å². The largest absolute Gasteiger partial charge is 0.464 e. The van der Waals surface area contributed by atoms with Crippen LogP contribution in [0, 0.1) is 0 Å². The van der Waals surface area contributed by atoms with Crippen LogP contribution in [0.1, 0.15) is 25.0 Å². The lowest BCUT2D eigenvalue weighted by Gasteiger charge is -2.16. The summed E-state index contributed by atoms with van der Waals surface area (Å²) in [6, 6.07) is -0.740. The fourth-order valence-corrected chi connectivity index (χ4v) is 2.07. The molecule has 0 radical (unpaired) electrons. The van der Waals surface area contributed by atoms with Crippen LogP contribution < -0.4 is 11.1 Å². The Labute approximate surface area is 132 Å².